The van der Waals surface area contributed by atoms with Gasteiger partial charge in [0.1, 0.15) is 4.90 Å². The SMILES string of the molecule is CN(Cc1cccs1)S(=O)(=O)c1ccc(C#N)cc1Cl. The van der Waals surface area contributed by atoms with Crippen molar-refractivity contribution in [3.63, 3.8) is 0 Å². The highest BCUT2D eigenvalue weighted by molar-refractivity contribution is 7.89. The van der Waals surface area contributed by atoms with E-state index in [-0.39, 0.29) is 16.5 Å². The second kappa shape index (κ2) is 5.94. The molecule has 7 heteroatoms. The molecule has 0 saturated carbocycles. The van der Waals surface area contributed by atoms with Crippen molar-refractivity contribution in [3.05, 3.63) is 51.2 Å². The average Bonchev–Trinajstić information content (AvgIpc) is 2.91. The Bertz CT molecular complexity index is 749. The first-order valence-corrected chi connectivity index (χ1v) is 8.33. The maximum atomic E-state index is 12.4. The lowest BCUT2D eigenvalue weighted by Crippen LogP contribution is -2.26. The van der Waals surface area contributed by atoms with E-state index in [4.69, 9.17) is 16.9 Å². The molecule has 0 aliphatic heterocycles. The normalized spacial score (nSPS) is 11.5. The van der Waals surface area contributed by atoms with Crippen LogP contribution in [0.5, 0.6) is 0 Å². The molecule has 0 fully saturated rings. The number of nitriles is 1. The highest BCUT2D eigenvalue weighted by Gasteiger charge is 2.24. The molecule has 4 nitrogen and oxygen atoms in total. The van der Waals surface area contributed by atoms with Crippen LogP contribution >= 0.6 is 22.9 Å². The molecule has 1 aromatic carbocycles. The maximum absolute atomic E-state index is 12.4. The fraction of sp³-hybridized carbons (Fsp3) is 0.154. The molecule has 0 amide bonds. The summed E-state index contributed by atoms with van der Waals surface area (Å²) in [5, 5.41) is 10.7. The smallest absolute Gasteiger partial charge is 0.207 e. The zero-order valence-electron chi connectivity index (χ0n) is 10.6. The summed E-state index contributed by atoms with van der Waals surface area (Å²) in [6, 6.07) is 9.82. The van der Waals surface area contributed by atoms with E-state index in [0.29, 0.717) is 5.56 Å². The van der Waals surface area contributed by atoms with Crippen LogP contribution in [0.3, 0.4) is 0 Å². The van der Waals surface area contributed by atoms with Crippen molar-refractivity contribution in [2.24, 2.45) is 0 Å². The molecule has 1 heterocycles. The molecular weight excluding hydrogens is 316 g/mol. The first kappa shape index (κ1) is 15.0. The number of rotatable bonds is 4. The van der Waals surface area contributed by atoms with E-state index < -0.39 is 10.0 Å². The average molecular weight is 327 g/mol. The van der Waals surface area contributed by atoms with Gasteiger partial charge >= 0.3 is 0 Å². The third kappa shape index (κ3) is 3.02. The molecule has 1 aromatic heterocycles. The molecular formula is C13H11ClN2O2S2. The Hall–Kier alpha value is -1.39. The fourth-order valence-corrected chi connectivity index (χ4v) is 4.16. The third-order valence-corrected chi connectivity index (χ3v) is 5.86. The van der Waals surface area contributed by atoms with E-state index in [1.54, 1.807) is 0 Å². The van der Waals surface area contributed by atoms with Crippen molar-refractivity contribution in [1.82, 2.24) is 4.31 Å². The van der Waals surface area contributed by atoms with Gasteiger partial charge in [0.05, 0.1) is 16.7 Å². The van der Waals surface area contributed by atoms with Gasteiger partial charge in [-0.3, -0.25) is 0 Å². The van der Waals surface area contributed by atoms with Crippen LogP contribution in [0, 0.1) is 11.3 Å². The Labute approximate surface area is 126 Å². The van der Waals surface area contributed by atoms with Gasteiger partial charge in [0.15, 0.2) is 0 Å². The Kier molecular flexibility index (Phi) is 4.45. The molecule has 20 heavy (non-hydrogen) atoms. The molecule has 0 radical (unpaired) electrons. The number of hydrogen-bond acceptors (Lipinski definition) is 4. The van der Waals surface area contributed by atoms with Crippen LogP contribution in [0.25, 0.3) is 0 Å². The topological polar surface area (TPSA) is 61.2 Å². The van der Waals surface area contributed by atoms with E-state index in [1.165, 1.54) is 40.9 Å². The summed E-state index contributed by atoms with van der Waals surface area (Å²) in [5.41, 5.74) is 0.329. The summed E-state index contributed by atoms with van der Waals surface area (Å²) in [7, 11) is -2.17. The number of hydrogen-bond donors (Lipinski definition) is 0. The Morgan fingerprint density at radius 1 is 1.40 bits per heavy atom. The number of benzene rings is 1. The Morgan fingerprint density at radius 2 is 2.15 bits per heavy atom. The molecule has 104 valence electrons. The molecule has 0 bridgehead atoms. The van der Waals surface area contributed by atoms with Crippen LogP contribution in [-0.2, 0) is 16.6 Å². The number of thiophene rings is 1. The molecule has 0 N–H and O–H groups in total. The lowest BCUT2D eigenvalue weighted by atomic mass is 10.2. The van der Waals surface area contributed by atoms with Gasteiger partial charge in [-0.25, -0.2) is 8.42 Å². The number of halogens is 1. The molecule has 0 saturated heterocycles. The van der Waals surface area contributed by atoms with Crippen LogP contribution in [0.4, 0.5) is 0 Å². The van der Waals surface area contributed by atoms with Crippen LogP contribution in [0.1, 0.15) is 10.4 Å². The van der Waals surface area contributed by atoms with E-state index in [9.17, 15) is 8.42 Å². The highest BCUT2D eigenvalue weighted by atomic mass is 35.5. The zero-order valence-corrected chi connectivity index (χ0v) is 13.0. The molecule has 0 aliphatic rings. The molecule has 0 aliphatic carbocycles. The van der Waals surface area contributed by atoms with Gasteiger partial charge in [-0.15, -0.1) is 11.3 Å². The number of sulfonamides is 1. The minimum Gasteiger partial charge on any atom is -0.207 e. The predicted molar refractivity (Wildman–Crippen MR) is 79.1 cm³/mol. The van der Waals surface area contributed by atoms with Crippen molar-refractivity contribution >= 4 is 33.0 Å². The molecule has 2 rings (SSSR count). The lowest BCUT2D eigenvalue weighted by Gasteiger charge is -2.17. The summed E-state index contributed by atoms with van der Waals surface area (Å²) in [6.07, 6.45) is 0. The molecule has 0 unspecified atom stereocenters. The third-order valence-electron chi connectivity index (χ3n) is 2.71. The highest BCUT2D eigenvalue weighted by Crippen LogP contribution is 2.26. The zero-order chi connectivity index (χ0) is 14.8. The van der Waals surface area contributed by atoms with Gasteiger partial charge in [-0.2, -0.15) is 9.57 Å². The second-order valence-electron chi connectivity index (χ2n) is 4.10. The van der Waals surface area contributed by atoms with E-state index in [0.717, 1.165) is 4.88 Å². The number of nitrogens with zero attached hydrogens (tertiary/aromatic N) is 2. The molecule has 0 spiro atoms. The van der Waals surface area contributed by atoms with Crippen molar-refractivity contribution in [2.45, 2.75) is 11.4 Å². The summed E-state index contributed by atoms with van der Waals surface area (Å²) >= 11 is 7.45. The van der Waals surface area contributed by atoms with Gasteiger partial charge in [-0.1, -0.05) is 17.7 Å². The molecule has 0 atom stereocenters. The van der Waals surface area contributed by atoms with Crippen LogP contribution in [-0.4, -0.2) is 19.8 Å². The fourth-order valence-electron chi connectivity index (χ4n) is 1.65. The van der Waals surface area contributed by atoms with Crippen LogP contribution < -0.4 is 0 Å². The standard InChI is InChI=1S/C13H11ClN2O2S2/c1-16(9-11-3-2-6-19-11)20(17,18)13-5-4-10(8-15)7-12(13)14/h2-7H,9H2,1H3. The second-order valence-corrected chi connectivity index (χ2v) is 7.55. The maximum Gasteiger partial charge on any atom is 0.244 e. The summed E-state index contributed by atoms with van der Waals surface area (Å²) in [4.78, 5) is 0.957. The minimum absolute atomic E-state index is 0.0113. The molecule has 2 aromatic rings. The van der Waals surface area contributed by atoms with E-state index in [1.807, 2.05) is 23.6 Å². The van der Waals surface area contributed by atoms with Crippen molar-refractivity contribution in [2.75, 3.05) is 7.05 Å². The largest absolute Gasteiger partial charge is 0.244 e. The quantitative estimate of drug-likeness (QED) is 0.867. The van der Waals surface area contributed by atoms with Gasteiger partial charge in [0.2, 0.25) is 10.0 Å². The Balaban J connectivity index is 2.33. The van der Waals surface area contributed by atoms with Crippen molar-refractivity contribution < 1.29 is 8.42 Å². The summed E-state index contributed by atoms with van der Waals surface area (Å²) < 4.78 is 26.1. The monoisotopic (exact) mass is 326 g/mol. The first-order chi connectivity index (χ1) is 9.45. The van der Waals surface area contributed by atoms with E-state index in [2.05, 4.69) is 0 Å². The Morgan fingerprint density at radius 3 is 2.70 bits per heavy atom. The van der Waals surface area contributed by atoms with Crippen molar-refractivity contribution in [3.8, 4) is 6.07 Å². The minimum atomic E-state index is -3.67. The van der Waals surface area contributed by atoms with E-state index >= 15 is 0 Å². The summed E-state index contributed by atoms with van der Waals surface area (Å²) in [5.74, 6) is 0. The predicted octanol–water partition coefficient (Wildman–Crippen LogP) is 3.09. The first-order valence-electron chi connectivity index (χ1n) is 5.63. The van der Waals surface area contributed by atoms with Gasteiger partial charge in [-0.05, 0) is 29.6 Å². The van der Waals surface area contributed by atoms with Crippen LogP contribution in [0.15, 0.2) is 40.6 Å². The van der Waals surface area contributed by atoms with Gasteiger partial charge in [0, 0.05) is 18.5 Å². The van der Waals surface area contributed by atoms with Crippen molar-refractivity contribution in [1.29, 1.82) is 5.26 Å². The van der Waals surface area contributed by atoms with Crippen LogP contribution in [0.2, 0.25) is 5.02 Å². The van der Waals surface area contributed by atoms with Gasteiger partial charge < -0.3 is 0 Å². The van der Waals surface area contributed by atoms with Gasteiger partial charge in [0.25, 0.3) is 0 Å². The lowest BCUT2D eigenvalue weighted by molar-refractivity contribution is 0.469. The summed E-state index contributed by atoms with van der Waals surface area (Å²) in [6.45, 7) is 0.288.